The zero-order chi connectivity index (χ0) is 13.7. The van der Waals surface area contributed by atoms with Gasteiger partial charge in [0.25, 0.3) is 0 Å². The molecule has 0 heterocycles. The molecular weight excluding hydrogens is 273 g/mol. The summed E-state index contributed by atoms with van der Waals surface area (Å²) in [6.45, 7) is 5.34. The lowest BCUT2D eigenvalue weighted by Gasteiger charge is -2.22. The Balaban J connectivity index is 2.73. The second-order valence-electron chi connectivity index (χ2n) is 4.58. The van der Waals surface area contributed by atoms with Crippen molar-refractivity contribution in [2.45, 2.75) is 26.4 Å². The Labute approximate surface area is 118 Å². The van der Waals surface area contributed by atoms with Crippen LogP contribution in [0.5, 0.6) is 5.75 Å². The molecule has 0 amide bonds. The van der Waals surface area contributed by atoms with E-state index in [1.807, 2.05) is 0 Å². The largest absolute Gasteiger partial charge is 0.506 e. The summed E-state index contributed by atoms with van der Waals surface area (Å²) in [5.74, 6) is 0.509. The van der Waals surface area contributed by atoms with E-state index < -0.39 is 0 Å². The zero-order valence-corrected chi connectivity index (χ0v) is 12.3. The van der Waals surface area contributed by atoms with E-state index >= 15 is 0 Å². The van der Waals surface area contributed by atoms with Gasteiger partial charge < -0.3 is 15.2 Å². The first-order chi connectivity index (χ1) is 8.45. The molecule has 1 unspecified atom stereocenters. The number of phenols is 1. The average molecular weight is 292 g/mol. The van der Waals surface area contributed by atoms with Crippen LogP contribution in [0.2, 0.25) is 10.0 Å². The van der Waals surface area contributed by atoms with Crippen molar-refractivity contribution in [3.8, 4) is 5.75 Å². The molecule has 3 nitrogen and oxygen atoms in total. The Hall–Kier alpha value is -0.480. The second kappa shape index (κ2) is 7.19. The highest BCUT2D eigenvalue weighted by atomic mass is 35.5. The van der Waals surface area contributed by atoms with Gasteiger partial charge in [0, 0.05) is 30.3 Å². The fourth-order valence-corrected chi connectivity index (χ4v) is 2.20. The third kappa shape index (κ3) is 4.32. The van der Waals surface area contributed by atoms with Crippen LogP contribution in [0.25, 0.3) is 0 Å². The number of benzene rings is 1. The minimum Gasteiger partial charge on any atom is -0.506 e. The molecule has 0 radical (unpaired) electrons. The third-order valence-corrected chi connectivity index (χ3v) is 3.32. The van der Waals surface area contributed by atoms with E-state index in [1.54, 1.807) is 13.2 Å². The summed E-state index contributed by atoms with van der Waals surface area (Å²) >= 11 is 11.8. The third-order valence-electron chi connectivity index (χ3n) is 2.81. The highest BCUT2D eigenvalue weighted by Crippen LogP contribution is 2.31. The summed E-state index contributed by atoms with van der Waals surface area (Å²) in [6.07, 6.45) is 0. The van der Waals surface area contributed by atoms with Gasteiger partial charge in [0.2, 0.25) is 0 Å². The predicted octanol–water partition coefficient (Wildman–Crippen LogP) is 3.46. The predicted molar refractivity (Wildman–Crippen MR) is 75.5 cm³/mol. The van der Waals surface area contributed by atoms with Crippen molar-refractivity contribution in [1.82, 2.24) is 5.32 Å². The quantitative estimate of drug-likeness (QED) is 0.843. The molecule has 0 saturated heterocycles. The minimum atomic E-state index is 0.0773. The van der Waals surface area contributed by atoms with Gasteiger partial charge in [-0.3, -0.25) is 0 Å². The number of methoxy groups -OCH3 is 1. The van der Waals surface area contributed by atoms with E-state index in [-0.39, 0.29) is 16.8 Å². The maximum Gasteiger partial charge on any atom is 0.138 e. The molecule has 18 heavy (non-hydrogen) atoms. The lowest BCUT2D eigenvalue weighted by Crippen LogP contribution is -2.37. The van der Waals surface area contributed by atoms with Crippen LogP contribution in [0, 0.1) is 5.92 Å². The second-order valence-corrected chi connectivity index (χ2v) is 5.43. The standard InChI is InChI=1S/C13H19Cl2NO2/c1-8(2)12(7-18-3)16-6-9-4-10(14)5-11(15)13(9)17/h4-5,8,12,16-17H,6-7H2,1-3H3. The molecule has 5 heteroatoms. The Morgan fingerprint density at radius 2 is 2.00 bits per heavy atom. The smallest absolute Gasteiger partial charge is 0.138 e. The van der Waals surface area contributed by atoms with Crippen molar-refractivity contribution >= 4 is 23.2 Å². The lowest BCUT2D eigenvalue weighted by atomic mass is 10.0. The number of phenolic OH excluding ortho intramolecular Hbond substituents is 1. The van der Waals surface area contributed by atoms with E-state index in [0.717, 1.165) is 0 Å². The van der Waals surface area contributed by atoms with Crippen LogP contribution >= 0.6 is 23.2 Å². The van der Waals surface area contributed by atoms with Crippen LogP contribution in [0.3, 0.4) is 0 Å². The van der Waals surface area contributed by atoms with Crippen LogP contribution in [0.1, 0.15) is 19.4 Å². The molecule has 0 bridgehead atoms. The van der Waals surface area contributed by atoms with Gasteiger partial charge in [-0.1, -0.05) is 37.0 Å². The number of ether oxygens (including phenoxy) is 1. The van der Waals surface area contributed by atoms with Gasteiger partial charge in [-0.05, 0) is 18.1 Å². The van der Waals surface area contributed by atoms with Crippen molar-refractivity contribution in [3.05, 3.63) is 27.7 Å². The topological polar surface area (TPSA) is 41.5 Å². The van der Waals surface area contributed by atoms with E-state index in [4.69, 9.17) is 27.9 Å². The number of rotatable bonds is 6. The average Bonchev–Trinajstić information content (AvgIpc) is 2.29. The summed E-state index contributed by atoms with van der Waals surface area (Å²) in [6, 6.07) is 3.45. The Morgan fingerprint density at radius 1 is 1.33 bits per heavy atom. The first-order valence-corrected chi connectivity index (χ1v) is 6.60. The summed E-state index contributed by atoms with van der Waals surface area (Å²) in [7, 11) is 1.67. The lowest BCUT2D eigenvalue weighted by molar-refractivity contribution is 0.146. The molecule has 0 aliphatic carbocycles. The van der Waals surface area contributed by atoms with Gasteiger partial charge in [-0.15, -0.1) is 0 Å². The van der Waals surface area contributed by atoms with Gasteiger partial charge in [0.15, 0.2) is 0 Å². The number of aromatic hydroxyl groups is 1. The number of halogens is 2. The van der Waals surface area contributed by atoms with Gasteiger partial charge >= 0.3 is 0 Å². The summed E-state index contributed by atoms with van der Waals surface area (Å²) in [5, 5.41) is 14.0. The Kier molecular flexibility index (Phi) is 6.22. The van der Waals surface area contributed by atoms with Gasteiger partial charge in [0.05, 0.1) is 11.6 Å². The molecule has 0 fully saturated rings. The molecule has 102 valence electrons. The van der Waals surface area contributed by atoms with E-state index in [1.165, 1.54) is 6.07 Å². The molecule has 0 aliphatic rings. The fourth-order valence-electron chi connectivity index (χ4n) is 1.66. The molecular formula is C13H19Cl2NO2. The van der Waals surface area contributed by atoms with Crippen molar-refractivity contribution < 1.29 is 9.84 Å². The van der Waals surface area contributed by atoms with Crippen molar-refractivity contribution in [1.29, 1.82) is 0 Å². The summed E-state index contributed by atoms with van der Waals surface area (Å²) in [5.41, 5.74) is 0.689. The fraction of sp³-hybridized carbons (Fsp3) is 0.538. The minimum absolute atomic E-state index is 0.0773. The Bertz CT molecular complexity index is 397. The molecule has 1 rings (SSSR count). The summed E-state index contributed by atoms with van der Waals surface area (Å²) < 4.78 is 5.15. The molecule has 1 aromatic rings. The van der Waals surface area contributed by atoms with Gasteiger partial charge in [-0.2, -0.15) is 0 Å². The highest BCUT2D eigenvalue weighted by Gasteiger charge is 2.14. The van der Waals surface area contributed by atoms with E-state index in [0.29, 0.717) is 29.7 Å². The maximum atomic E-state index is 9.84. The molecule has 0 saturated carbocycles. The summed E-state index contributed by atoms with van der Waals surface area (Å²) in [4.78, 5) is 0. The molecule has 1 atom stereocenters. The zero-order valence-electron chi connectivity index (χ0n) is 10.8. The van der Waals surface area contributed by atoms with Gasteiger partial charge in [-0.25, -0.2) is 0 Å². The molecule has 2 N–H and O–H groups in total. The van der Waals surface area contributed by atoms with Crippen LogP contribution < -0.4 is 5.32 Å². The van der Waals surface area contributed by atoms with Crippen molar-refractivity contribution in [3.63, 3.8) is 0 Å². The first-order valence-electron chi connectivity index (χ1n) is 5.85. The number of nitrogens with one attached hydrogen (secondary N) is 1. The van der Waals surface area contributed by atoms with E-state index in [2.05, 4.69) is 19.2 Å². The number of hydrogen-bond donors (Lipinski definition) is 2. The van der Waals surface area contributed by atoms with Crippen LogP contribution in [0.15, 0.2) is 12.1 Å². The first kappa shape index (κ1) is 15.6. The highest BCUT2D eigenvalue weighted by molar-refractivity contribution is 6.35. The SMILES string of the molecule is COCC(NCc1cc(Cl)cc(Cl)c1O)C(C)C. The Morgan fingerprint density at radius 3 is 2.56 bits per heavy atom. The maximum absolute atomic E-state index is 9.84. The number of hydrogen-bond acceptors (Lipinski definition) is 3. The van der Waals surface area contributed by atoms with Crippen molar-refractivity contribution in [2.24, 2.45) is 5.92 Å². The van der Waals surface area contributed by atoms with Crippen LogP contribution in [-0.4, -0.2) is 24.9 Å². The molecule has 0 aromatic heterocycles. The van der Waals surface area contributed by atoms with Crippen molar-refractivity contribution in [2.75, 3.05) is 13.7 Å². The van der Waals surface area contributed by atoms with Gasteiger partial charge in [0.1, 0.15) is 5.75 Å². The van der Waals surface area contributed by atoms with Crippen LogP contribution in [0.4, 0.5) is 0 Å². The monoisotopic (exact) mass is 291 g/mol. The normalized spacial score (nSPS) is 13.0. The molecule has 1 aromatic carbocycles. The molecule has 0 spiro atoms. The molecule has 0 aliphatic heterocycles. The van der Waals surface area contributed by atoms with E-state index in [9.17, 15) is 5.11 Å². The van der Waals surface area contributed by atoms with Crippen LogP contribution in [-0.2, 0) is 11.3 Å².